The highest BCUT2D eigenvalue weighted by molar-refractivity contribution is 5.98. The van der Waals surface area contributed by atoms with Crippen molar-refractivity contribution in [2.75, 3.05) is 20.2 Å². The van der Waals surface area contributed by atoms with Crippen molar-refractivity contribution in [3.63, 3.8) is 0 Å². The minimum atomic E-state index is -0.482. The van der Waals surface area contributed by atoms with Gasteiger partial charge < -0.3 is 15.0 Å². The normalized spacial score (nSPS) is 16.5. The molecule has 0 unspecified atom stereocenters. The smallest absolute Gasteiger partial charge is 0.305 e. The highest BCUT2D eigenvalue weighted by Crippen LogP contribution is 2.21. The summed E-state index contributed by atoms with van der Waals surface area (Å²) < 4.78 is 6.53. The summed E-state index contributed by atoms with van der Waals surface area (Å²) in [7, 11) is 1.38. The maximum Gasteiger partial charge on any atom is 0.305 e. The van der Waals surface area contributed by atoms with Crippen LogP contribution in [0.3, 0.4) is 0 Å². The van der Waals surface area contributed by atoms with Crippen LogP contribution in [0.1, 0.15) is 40.7 Å². The molecule has 1 aromatic carbocycles. The van der Waals surface area contributed by atoms with Gasteiger partial charge in [-0.2, -0.15) is 5.10 Å². The number of nitrogens with zero attached hydrogens (tertiary/aromatic N) is 3. The highest BCUT2D eigenvalue weighted by Gasteiger charge is 2.29. The zero-order valence-corrected chi connectivity index (χ0v) is 17.2. The molecule has 1 N–H and O–H groups in total. The maximum atomic E-state index is 12.8. The van der Waals surface area contributed by atoms with E-state index >= 15 is 0 Å². The fourth-order valence-electron chi connectivity index (χ4n) is 3.59. The molecule has 8 nitrogen and oxygen atoms in total. The van der Waals surface area contributed by atoms with Crippen molar-refractivity contribution in [1.82, 2.24) is 20.0 Å². The van der Waals surface area contributed by atoms with Gasteiger partial charge in [-0.3, -0.25) is 14.4 Å². The van der Waals surface area contributed by atoms with E-state index < -0.39 is 6.04 Å². The van der Waals surface area contributed by atoms with Crippen molar-refractivity contribution in [2.24, 2.45) is 0 Å². The predicted molar refractivity (Wildman–Crippen MR) is 107 cm³/mol. The molecule has 8 heteroatoms. The lowest BCUT2D eigenvalue weighted by Crippen LogP contribution is -2.55. The predicted octanol–water partition coefficient (Wildman–Crippen LogP) is 1.56. The third kappa shape index (κ3) is 4.16. The van der Waals surface area contributed by atoms with E-state index in [2.05, 4.69) is 10.4 Å². The van der Waals surface area contributed by atoms with Crippen LogP contribution in [-0.2, 0) is 20.7 Å². The minimum absolute atomic E-state index is 0.136. The number of esters is 1. The van der Waals surface area contributed by atoms with Crippen molar-refractivity contribution < 1.29 is 19.1 Å². The van der Waals surface area contributed by atoms with E-state index in [1.54, 1.807) is 24.0 Å². The third-order valence-electron chi connectivity index (χ3n) is 5.37. The Labute approximate surface area is 169 Å². The topological polar surface area (TPSA) is 93.5 Å². The fraction of sp³-hybridized carbons (Fsp3) is 0.429. The number of carbonyl (C=O) groups excluding carboxylic acids is 3. The lowest BCUT2D eigenvalue weighted by molar-refractivity contribution is -0.140. The van der Waals surface area contributed by atoms with Crippen molar-refractivity contribution in [3.05, 3.63) is 46.8 Å². The molecule has 0 aliphatic carbocycles. The number of ether oxygens (including phenoxy) is 1. The Hall–Kier alpha value is -3.16. The molecule has 1 saturated heterocycles. The van der Waals surface area contributed by atoms with Gasteiger partial charge >= 0.3 is 5.97 Å². The summed E-state index contributed by atoms with van der Waals surface area (Å²) in [5, 5.41) is 7.35. The zero-order chi connectivity index (χ0) is 21.1. The maximum absolute atomic E-state index is 12.8. The first-order valence-electron chi connectivity index (χ1n) is 9.64. The van der Waals surface area contributed by atoms with Crippen LogP contribution in [0.15, 0.2) is 24.3 Å². The van der Waals surface area contributed by atoms with E-state index in [0.29, 0.717) is 31.5 Å². The van der Waals surface area contributed by atoms with Gasteiger partial charge in [0.05, 0.1) is 18.5 Å². The summed E-state index contributed by atoms with van der Waals surface area (Å²) in [4.78, 5) is 37.6. The van der Waals surface area contributed by atoms with Crippen LogP contribution in [0.4, 0.5) is 0 Å². The quantitative estimate of drug-likeness (QED) is 0.772. The molecule has 1 aliphatic rings. The number of aromatic nitrogens is 2. The Kier molecular flexibility index (Phi) is 6.00. The van der Waals surface area contributed by atoms with E-state index in [4.69, 9.17) is 4.74 Å². The van der Waals surface area contributed by atoms with E-state index in [1.165, 1.54) is 7.11 Å². The molecule has 0 radical (unpaired) electrons. The number of methoxy groups -OCH3 is 1. The second-order valence-corrected chi connectivity index (χ2v) is 7.15. The number of hydrogen-bond acceptors (Lipinski definition) is 5. The van der Waals surface area contributed by atoms with Crippen LogP contribution in [0.5, 0.6) is 0 Å². The number of piperazine rings is 1. The van der Waals surface area contributed by atoms with Gasteiger partial charge in [-0.15, -0.1) is 0 Å². The van der Waals surface area contributed by atoms with E-state index in [9.17, 15) is 14.4 Å². The number of nitrogens with one attached hydrogen (secondary N) is 1. The average Bonchev–Trinajstić information content (AvgIpc) is 3.01. The Morgan fingerprint density at radius 2 is 1.93 bits per heavy atom. The molecular weight excluding hydrogens is 372 g/mol. The number of hydrogen-bond donors (Lipinski definition) is 1. The Morgan fingerprint density at radius 1 is 1.24 bits per heavy atom. The van der Waals surface area contributed by atoms with Crippen molar-refractivity contribution in [3.8, 4) is 5.69 Å². The van der Waals surface area contributed by atoms with Crippen molar-refractivity contribution >= 4 is 17.8 Å². The largest absolute Gasteiger partial charge is 0.469 e. The van der Waals surface area contributed by atoms with Crippen LogP contribution in [0.25, 0.3) is 5.69 Å². The molecule has 0 spiro atoms. The molecular formula is C21H26N4O4. The first-order chi connectivity index (χ1) is 13.8. The van der Waals surface area contributed by atoms with E-state index in [0.717, 1.165) is 22.6 Å². The summed E-state index contributed by atoms with van der Waals surface area (Å²) >= 11 is 0. The van der Waals surface area contributed by atoms with Gasteiger partial charge in [-0.25, -0.2) is 4.68 Å². The number of rotatable bonds is 5. The second-order valence-electron chi connectivity index (χ2n) is 7.15. The van der Waals surface area contributed by atoms with Crippen LogP contribution in [0, 0.1) is 13.8 Å². The first kappa shape index (κ1) is 20.6. The zero-order valence-electron chi connectivity index (χ0n) is 17.2. The SMILES string of the molecule is COC(=O)CCc1c(C)nn(-c2ccc(C(=O)N3CCNC(=O)[C@@H]3C)cc2)c1C. The number of benzene rings is 1. The summed E-state index contributed by atoms with van der Waals surface area (Å²) in [6, 6.07) is 6.70. The molecule has 1 aliphatic heterocycles. The van der Waals surface area contributed by atoms with Crippen LogP contribution >= 0.6 is 0 Å². The van der Waals surface area contributed by atoms with Gasteiger partial charge in [-0.05, 0) is 57.0 Å². The number of aryl methyl sites for hydroxylation is 1. The molecule has 2 amide bonds. The minimum Gasteiger partial charge on any atom is -0.469 e. The summed E-state index contributed by atoms with van der Waals surface area (Å²) in [5.74, 6) is -0.547. The molecule has 0 saturated carbocycles. The molecule has 1 atom stereocenters. The van der Waals surface area contributed by atoms with Crippen molar-refractivity contribution in [1.29, 1.82) is 0 Å². The third-order valence-corrected chi connectivity index (χ3v) is 5.37. The van der Waals surface area contributed by atoms with Gasteiger partial charge in [0.25, 0.3) is 5.91 Å². The first-order valence-corrected chi connectivity index (χ1v) is 9.64. The fourth-order valence-corrected chi connectivity index (χ4v) is 3.59. The highest BCUT2D eigenvalue weighted by atomic mass is 16.5. The monoisotopic (exact) mass is 398 g/mol. The molecule has 2 aromatic rings. The number of amides is 2. The molecule has 1 aromatic heterocycles. The van der Waals surface area contributed by atoms with Gasteiger partial charge in [0.1, 0.15) is 6.04 Å². The van der Waals surface area contributed by atoms with Crippen LogP contribution in [0.2, 0.25) is 0 Å². The Bertz CT molecular complexity index is 933. The standard InChI is InChI=1S/C21H26N4O4/c1-13-18(9-10-19(26)29-4)14(2)25(23-13)17-7-5-16(6-8-17)21(28)24-12-11-22-20(27)15(24)3/h5-8,15H,9-12H2,1-4H3,(H,22,27)/t15-/m0/s1. The lowest BCUT2D eigenvalue weighted by atomic mass is 10.1. The van der Waals surface area contributed by atoms with E-state index in [-0.39, 0.29) is 17.8 Å². The van der Waals surface area contributed by atoms with Gasteiger partial charge in [0.2, 0.25) is 5.91 Å². The van der Waals surface area contributed by atoms with Crippen molar-refractivity contribution in [2.45, 2.75) is 39.7 Å². The second kappa shape index (κ2) is 8.46. The Morgan fingerprint density at radius 3 is 2.59 bits per heavy atom. The molecule has 0 bridgehead atoms. The summed E-state index contributed by atoms with van der Waals surface area (Å²) in [6.45, 7) is 6.56. The van der Waals surface area contributed by atoms with Gasteiger partial charge in [-0.1, -0.05) is 0 Å². The molecule has 1 fully saturated rings. The molecule has 3 rings (SSSR count). The van der Waals surface area contributed by atoms with E-state index in [1.807, 2.05) is 30.7 Å². The molecule has 2 heterocycles. The van der Waals surface area contributed by atoms with Crippen LogP contribution in [-0.4, -0.2) is 58.7 Å². The van der Waals surface area contributed by atoms with Gasteiger partial charge in [0, 0.05) is 30.8 Å². The van der Waals surface area contributed by atoms with Gasteiger partial charge in [0.15, 0.2) is 0 Å². The Balaban J connectivity index is 1.79. The summed E-state index contributed by atoms with van der Waals surface area (Å²) in [5.41, 5.74) is 4.19. The molecule has 29 heavy (non-hydrogen) atoms. The average molecular weight is 398 g/mol. The number of carbonyl (C=O) groups is 3. The lowest BCUT2D eigenvalue weighted by Gasteiger charge is -2.32. The molecule has 154 valence electrons. The summed E-state index contributed by atoms with van der Waals surface area (Å²) in [6.07, 6.45) is 0.870. The van der Waals surface area contributed by atoms with Crippen LogP contribution < -0.4 is 5.32 Å².